The average Bonchev–Trinajstić information content (AvgIpc) is 3.38. The SMILES string of the molecule is COc1cc2c3c([nH]c2cc1OCc1ccccc1)CC(c1ccccc1Cl)c1c(O)[nH]c(O)c1-3. The van der Waals surface area contributed by atoms with Gasteiger partial charge >= 0.3 is 0 Å². The molecule has 35 heavy (non-hydrogen) atoms. The van der Waals surface area contributed by atoms with Crippen molar-refractivity contribution in [3.05, 3.63) is 94.1 Å². The molecule has 1 aliphatic rings. The molecule has 2 heterocycles. The highest BCUT2D eigenvalue weighted by Crippen LogP contribution is 2.54. The van der Waals surface area contributed by atoms with Crippen LogP contribution in [0.5, 0.6) is 23.3 Å². The Bertz CT molecular complexity index is 1550. The molecule has 0 fully saturated rings. The van der Waals surface area contributed by atoms with Crippen LogP contribution in [0.25, 0.3) is 22.0 Å². The van der Waals surface area contributed by atoms with Crippen LogP contribution in [-0.4, -0.2) is 27.3 Å². The van der Waals surface area contributed by atoms with Gasteiger partial charge in [-0.1, -0.05) is 60.1 Å². The maximum absolute atomic E-state index is 10.8. The highest BCUT2D eigenvalue weighted by Gasteiger charge is 2.36. The Balaban J connectivity index is 1.49. The van der Waals surface area contributed by atoms with Gasteiger partial charge in [0.25, 0.3) is 0 Å². The van der Waals surface area contributed by atoms with E-state index in [1.165, 1.54) is 0 Å². The third-order valence-electron chi connectivity index (χ3n) is 6.68. The molecule has 6 nitrogen and oxygen atoms in total. The van der Waals surface area contributed by atoms with Gasteiger partial charge in [-0.25, -0.2) is 0 Å². The summed E-state index contributed by atoms with van der Waals surface area (Å²) in [7, 11) is 1.61. The van der Waals surface area contributed by atoms with Gasteiger partial charge in [-0.05, 0) is 29.7 Å². The smallest absolute Gasteiger partial charge is 0.199 e. The highest BCUT2D eigenvalue weighted by molar-refractivity contribution is 6.31. The highest BCUT2D eigenvalue weighted by atomic mass is 35.5. The summed E-state index contributed by atoms with van der Waals surface area (Å²) in [5, 5.41) is 23.0. The third kappa shape index (κ3) is 3.49. The zero-order chi connectivity index (χ0) is 24.1. The lowest BCUT2D eigenvalue weighted by atomic mass is 9.79. The second kappa shape index (κ2) is 8.32. The Kier molecular flexibility index (Phi) is 5.11. The van der Waals surface area contributed by atoms with Gasteiger partial charge in [0.05, 0.1) is 18.2 Å². The summed E-state index contributed by atoms with van der Waals surface area (Å²) in [6, 6.07) is 21.4. The molecule has 1 aliphatic carbocycles. The molecule has 0 radical (unpaired) electrons. The average molecular weight is 487 g/mol. The summed E-state index contributed by atoms with van der Waals surface area (Å²) in [6.45, 7) is 0.411. The first kappa shape index (κ1) is 21.5. The van der Waals surface area contributed by atoms with E-state index in [9.17, 15) is 10.2 Å². The summed E-state index contributed by atoms with van der Waals surface area (Å²) in [5.74, 6) is 0.833. The zero-order valence-corrected chi connectivity index (χ0v) is 19.7. The van der Waals surface area contributed by atoms with Gasteiger partial charge in [-0.15, -0.1) is 0 Å². The van der Waals surface area contributed by atoms with Crippen molar-refractivity contribution in [2.75, 3.05) is 7.11 Å². The van der Waals surface area contributed by atoms with Gasteiger partial charge < -0.3 is 24.7 Å². The molecule has 0 aliphatic heterocycles. The van der Waals surface area contributed by atoms with E-state index in [-0.39, 0.29) is 17.7 Å². The number of aromatic nitrogens is 2. The predicted octanol–water partition coefficient (Wildman–Crippen LogP) is 6.50. The van der Waals surface area contributed by atoms with Crippen LogP contribution in [0.4, 0.5) is 0 Å². The quantitative estimate of drug-likeness (QED) is 0.228. The van der Waals surface area contributed by atoms with Crippen molar-refractivity contribution in [2.24, 2.45) is 0 Å². The fraction of sp³-hybridized carbons (Fsp3) is 0.143. The number of nitrogens with one attached hydrogen (secondary N) is 2. The summed E-state index contributed by atoms with van der Waals surface area (Å²) >= 11 is 6.54. The van der Waals surface area contributed by atoms with Crippen molar-refractivity contribution in [3.63, 3.8) is 0 Å². The number of methoxy groups -OCH3 is 1. The Hall–Kier alpha value is -4.03. The lowest BCUT2D eigenvalue weighted by Crippen LogP contribution is -2.11. The van der Waals surface area contributed by atoms with Crippen LogP contribution < -0.4 is 9.47 Å². The van der Waals surface area contributed by atoms with Crippen LogP contribution in [0.3, 0.4) is 0 Å². The van der Waals surface area contributed by atoms with Crippen LogP contribution in [-0.2, 0) is 13.0 Å². The van der Waals surface area contributed by atoms with E-state index in [0.29, 0.717) is 40.7 Å². The fourth-order valence-electron chi connectivity index (χ4n) is 5.11. The van der Waals surface area contributed by atoms with Crippen molar-refractivity contribution in [1.29, 1.82) is 0 Å². The van der Waals surface area contributed by atoms with Crippen molar-refractivity contribution < 1.29 is 19.7 Å². The minimum absolute atomic E-state index is 0.0581. The molecule has 1 unspecified atom stereocenters. The predicted molar refractivity (Wildman–Crippen MR) is 136 cm³/mol. The molecule has 5 aromatic rings. The van der Waals surface area contributed by atoms with E-state index >= 15 is 0 Å². The van der Waals surface area contributed by atoms with Crippen LogP contribution in [0.1, 0.15) is 28.3 Å². The molecular weight excluding hydrogens is 464 g/mol. The van der Waals surface area contributed by atoms with E-state index in [4.69, 9.17) is 21.1 Å². The summed E-state index contributed by atoms with van der Waals surface area (Å²) in [6.07, 6.45) is 0.578. The van der Waals surface area contributed by atoms with Gasteiger partial charge in [0.1, 0.15) is 6.61 Å². The number of halogens is 1. The molecule has 3 aromatic carbocycles. The monoisotopic (exact) mass is 486 g/mol. The maximum Gasteiger partial charge on any atom is 0.199 e. The number of aromatic hydroxyl groups is 2. The molecule has 176 valence electrons. The van der Waals surface area contributed by atoms with Crippen LogP contribution >= 0.6 is 11.6 Å². The topological polar surface area (TPSA) is 90.5 Å². The molecular formula is C28H23ClN2O4. The van der Waals surface area contributed by atoms with Gasteiger partial charge in [0.15, 0.2) is 23.3 Å². The number of aromatic amines is 2. The molecule has 2 aromatic heterocycles. The first-order chi connectivity index (χ1) is 17.0. The third-order valence-corrected chi connectivity index (χ3v) is 7.03. The molecule has 0 saturated heterocycles. The van der Waals surface area contributed by atoms with Crippen molar-refractivity contribution >= 4 is 22.5 Å². The van der Waals surface area contributed by atoms with Crippen molar-refractivity contribution in [2.45, 2.75) is 18.9 Å². The Morgan fingerprint density at radius 1 is 0.914 bits per heavy atom. The summed E-state index contributed by atoms with van der Waals surface area (Å²) < 4.78 is 11.8. The van der Waals surface area contributed by atoms with Crippen LogP contribution in [0.2, 0.25) is 5.02 Å². The molecule has 4 N–H and O–H groups in total. The lowest BCUT2D eigenvalue weighted by molar-refractivity contribution is 0.285. The van der Waals surface area contributed by atoms with E-state index in [2.05, 4.69) is 9.97 Å². The standard InChI is InChI=1S/C28H23ClN2O4/c1-34-22-12-18-20(13-23(22)35-14-15-7-3-2-4-8-15)30-21-11-17(16-9-5-6-10-19(16)29)25-26(24(18)21)28(33)31-27(25)32/h2-10,12-13,17,30-33H,11,14H2,1H3. The molecule has 0 amide bonds. The lowest BCUT2D eigenvalue weighted by Gasteiger charge is -2.24. The van der Waals surface area contributed by atoms with Crippen LogP contribution in [0.15, 0.2) is 66.7 Å². The molecule has 1 atom stereocenters. The summed E-state index contributed by atoms with van der Waals surface area (Å²) in [4.78, 5) is 6.23. The number of benzene rings is 3. The zero-order valence-electron chi connectivity index (χ0n) is 18.9. The number of ether oxygens (including phenoxy) is 2. The minimum Gasteiger partial charge on any atom is -0.494 e. The molecule has 7 heteroatoms. The van der Waals surface area contributed by atoms with E-state index in [1.54, 1.807) is 7.11 Å². The fourth-order valence-corrected chi connectivity index (χ4v) is 5.38. The molecule has 6 rings (SSSR count). The van der Waals surface area contributed by atoms with Gasteiger partial charge in [-0.3, -0.25) is 4.98 Å². The molecule has 0 spiro atoms. The van der Waals surface area contributed by atoms with E-state index < -0.39 is 0 Å². The van der Waals surface area contributed by atoms with Gasteiger partial charge in [0.2, 0.25) is 0 Å². The second-order valence-electron chi connectivity index (χ2n) is 8.69. The van der Waals surface area contributed by atoms with Crippen molar-refractivity contribution in [1.82, 2.24) is 9.97 Å². The molecule has 0 bridgehead atoms. The first-order valence-corrected chi connectivity index (χ1v) is 11.7. The normalized spacial score (nSPS) is 14.5. The maximum atomic E-state index is 10.8. The first-order valence-electron chi connectivity index (χ1n) is 11.3. The largest absolute Gasteiger partial charge is 0.494 e. The minimum atomic E-state index is -0.230. The number of hydrogen-bond acceptors (Lipinski definition) is 4. The Labute approximate surface area is 206 Å². The number of hydrogen-bond donors (Lipinski definition) is 4. The van der Waals surface area contributed by atoms with Crippen LogP contribution in [0, 0.1) is 0 Å². The summed E-state index contributed by atoms with van der Waals surface area (Å²) in [5.41, 5.74) is 5.77. The number of fused-ring (bicyclic) bond motifs is 5. The van der Waals surface area contributed by atoms with Gasteiger partial charge in [0, 0.05) is 39.2 Å². The number of H-pyrrole nitrogens is 2. The molecule has 0 saturated carbocycles. The Morgan fingerprint density at radius 3 is 2.46 bits per heavy atom. The van der Waals surface area contributed by atoms with Crippen molar-refractivity contribution in [3.8, 4) is 34.4 Å². The number of rotatable bonds is 5. The Morgan fingerprint density at radius 2 is 1.69 bits per heavy atom. The van der Waals surface area contributed by atoms with Gasteiger partial charge in [-0.2, -0.15) is 0 Å². The van der Waals surface area contributed by atoms with E-state index in [1.807, 2.05) is 66.7 Å². The second-order valence-corrected chi connectivity index (χ2v) is 9.10. The van der Waals surface area contributed by atoms with E-state index in [0.717, 1.165) is 33.3 Å².